The third-order valence-electron chi connectivity index (χ3n) is 4.92. The first kappa shape index (κ1) is 21.7. The molecule has 0 aliphatic carbocycles. The zero-order chi connectivity index (χ0) is 18.9. The van der Waals surface area contributed by atoms with E-state index >= 15 is 0 Å². The van der Waals surface area contributed by atoms with Gasteiger partial charge in [0, 0.05) is 0 Å². The monoisotopic (exact) mass is 417 g/mol. The molecule has 1 aliphatic rings. The first-order valence-corrected chi connectivity index (χ1v) is 13.8. The van der Waals surface area contributed by atoms with E-state index in [-0.39, 0.29) is 23.0 Å². The second-order valence-corrected chi connectivity index (χ2v) is 15.8. The Balaban J connectivity index is 2.88. The van der Waals surface area contributed by atoms with Crippen LogP contribution >= 0.6 is 0 Å². The van der Waals surface area contributed by atoms with E-state index < -0.39 is 8.32 Å². The summed E-state index contributed by atoms with van der Waals surface area (Å²) in [6.07, 6.45) is -0.0169. The second kappa shape index (κ2) is 7.90. The van der Waals surface area contributed by atoms with Crippen LogP contribution < -0.4 is 0 Å². The van der Waals surface area contributed by atoms with Crippen molar-refractivity contribution >= 4 is 29.2 Å². The summed E-state index contributed by atoms with van der Waals surface area (Å²) < 4.78 is 6.52. The summed E-state index contributed by atoms with van der Waals surface area (Å²) >= 11 is 0.338. The molecule has 0 unspecified atom stereocenters. The number of allylic oxidation sites excluding steroid dienone is 1. The van der Waals surface area contributed by atoms with Crippen molar-refractivity contribution in [2.75, 3.05) is 6.54 Å². The van der Waals surface area contributed by atoms with Crippen LogP contribution in [-0.4, -0.2) is 51.7 Å². The van der Waals surface area contributed by atoms with E-state index in [4.69, 9.17) is 4.43 Å². The second-order valence-electron chi connectivity index (χ2n) is 8.69. The normalized spacial score (nSPS) is 23.0. The summed E-state index contributed by atoms with van der Waals surface area (Å²) in [5.74, 6) is 0.232. The van der Waals surface area contributed by atoms with Gasteiger partial charge in [0.1, 0.15) is 0 Å². The molecule has 1 fully saturated rings. The van der Waals surface area contributed by atoms with Gasteiger partial charge in [0.05, 0.1) is 0 Å². The van der Waals surface area contributed by atoms with Crippen LogP contribution in [0.3, 0.4) is 0 Å². The van der Waals surface area contributed by atoms with Crippen LogP contribution in [0.2, 0.25) is 23.5 Å². The van der Waals surface area contributed by atoms with Crippen LogP contribution in [-0.2, 0) is 9.22 Å². The number of likely N-dealkylation sites (tertiary alicyclic amines) is 1. The van der Waals surface area contributed by atoms with Gasteiger partial charge in [-0.2, -0.15) is 0 Å². The summed E-state index contributed by atoms with van der Waals surface area (Å²) in [5, 5.41) is 1.17. The molecule has 1 rings (SSSR count). The van der Waals surface area contributed by atoms with Crippen molar-refractivity contribution in [2.24, 2.45) is 5.92 Å². The van der Waals surface area contributed by atoms with Crippen LogP contribution in [0.5, 0.6) is 0 Å². The molecule has 0 bridgehead atoms. The van der Waals surface area contributed by atoms with Crippen LogP contribution in [0.4, 0.5) is 0 Å². The van der Waals surface area contributed by atoms with Crippen molar-refractivity contribution in [1.82, 2.24) is 4.90 Å². The molecule has 0 aromatic heterocycles. The average Bonchev–Trinajstić information content (AvgIpc) is 2.37. The van der Waals surface area contributed by atoms with E-state index in [0.717, 1.165) is 10.9 Å². The molecule has 1 saturated heterocycles. The van der Waals surface area contributed by atoms with Gasteiger partial charge in [-0.15, -0.1) is 0 Å². The van der Waals surface area contributed by atoms with Gasteiger partial charge in [-0.05, 0) is 0 Å². The van der Waals surface area contributed by atoms with Gasteiger partial charge in [0.2, 0.25) is 0 Å². The molecule has 0 N–H and O–H groups in total. The summed E-state index contributed by atoms with van der Waals surface area (Å²) in [5.41, 5.74) is 2.23. The van der Waals surface area contributed by atoms with Gasteiger partial charge in [-0.3, -0.25) is 0 Å². The molecular weight excluding hydrogens is 381 g/mol. The Labute approximate surface area is 156 Å². The van der Waals surface area contributed by atoms with Crippen molar-refractivity contribution < 1.29 is 9.22 Å². The fraction of sp³-hybridized carbons (Fsp3) is 0.737. The van der Waals surface area contributed by atoms with E-state index in [9.17, 15) is 4.79 Å². The Kier molecular flexibility index (Phi) is 7.14. The van der Waals surface area contributed by atoms with Crippen molar-refractivity contribution in [3.05, 3.63) is 24.3 Å². The molecule has 0 aromatic carbocycles. The molecule has 3 nitrogen and oxygen atoms in total. The molecular formula is C19H35NO2SeSi. The Hall–Kier alpha value is -0.354. The Morgan fingerprint density at radius 3 is 2.25 bits per heavy atom. The van der Waals surface area contributed by atoms with Gasteiger partial charge in [0.15, 0.2) is 0 Å². The van der Waals surface area contributed by atoms with E-state index in [1.54, 1.807) is 0 Å². The molecule has 0 radical (unpaired) electrons. The number of carbonyl (C=O) groups is 1. The average molecular weight is 417 g/mol. The molecule has 24 heavy (non-hydrogen) atoms. The zero-order valence-electron chi connectivity index (χ0n) is 16.7. The summed E-state index contributed by atoms with van der Waals surface area (Å²) in [4.78, 5) is 15.0. The SMILES string of the molecule is C=C(C)C[Se][C@@H]1[C@@H]([C@@H](C)O[Si](C)(C)C(C)(C)C)C(=O)N1CC(=C)C. The fourth-order valence-electron chi connectivity index (χ4n) is 2.58. The maximum atomic E-state index is 12.7. The molecule has 1 heterocycles. The van der Waals surface area contributed by atoms with Crippen LogP contribution in [0.15, 0.2) is 24.3 Å². The predicted molar refractivity (Wildman–Crippen MR) is 107 cm³/mol. The van der Waals surface area contributed by atoms with Crippen molar-refractivity contribution in [3.8, 4) is 0 Å². The van der Waals surface area contributed by atoms with Gasteiger partial charge >= 0.3 is 156 Å². The number of carbonyl (C=O) groups excluding carboxylic acids is 1. The first-order chi connectivity index (χ1) is 10.8. The van der Waals surface area contributed by atoms with E-state index in [1.165, 1.54) is 5.57 Å². The number of hydrogen-bond donors (Lipinski definition) is 0. The van der Waals surface area contributed by atoms with Gasteiger partial charge < -0.3 is 0 Å². The Morgan fingerprint density at radius 1 is 1.29 bits per heavy atom. The molecule has 0 saturated carbocycles. The topological polar surface area (TPSA) is 29.5 Å². The standard InChI is InChI=1S/C19H35NO2SeSi/c1-13(2)11-20-17(21)16(18(20)23-12-14(3)4)15(5)22-24(9,10)19(6,7)8/h15-16,18H,1,3,11-12H2,2,4-10H3/t15-,16+,18-/m1/s1. The van der Waals surface area contributed by atoms with Crippen molar-refractivity contribution in [3.63, 3.8) is 0 Å². The molecule has 138 valence electrons. The van der Waals surface area contributed by atoms with Crippen LogP contribution in [0.1, 0.15) is 41.5 Å². The van der Waals surface area contributed by atoms with Gasteiger partial charge in [0.25, 0.3) is 0 Å². The number of hydrogen-bond acceptors (Lipinski definition) is 2. The van der Waals surface area contributed by atoms with Gasteiger partial charge in [-0.25, -0.2) is 0 Å². The van der Waals surface area contributed by atoms with E-state index in [1.807, 2.05) is 11.8 Å². The third kappa shape index (κ3) is 5.07. The molecule has 0 aromatic rings. The Bertz CT molecular complexity index is 510. The molecule has 1 aliphatic heterocycles. The molecule has 3 atom stereocenters. The Morgan fingerprint density at radius 2 is 1.83 bits per heavy atom. The first-order valence-electron chi connectivity index (χ1n) is 8.66. The number of amides is 1. The minimum absolute atomic E-state index is 0.00201. The summed E-state index contributed by atoms with van der Waals surface area (Å²) in [6, 6.07) is 0. The number of rotatable bonds is 8. The van der Waals surface area contributed by atoms with Crippen LogP contribution in [0.25, 0.3) is 0 Å². The minimum atomic E-state index is -1.87. The third-order valence-corrected chi connectivity index (χ3v) is 12.7. The van der Waals surface area contributed by atoms with Crippen molar-refractivity contribution in [1.29, 1.82) is 0 Å². The fourth-order valence-corrected chi connectivity index (χ4v) is 6.86. The summed E-state index contributed by atoms with van der Waals surface area (Å²) in [7, 11) is -1.87. The molecule has 0 spiro atoms. The van der Waals surface area contributed by atoms with Crippen molar-refractivity contribution in [2.45, 2.75) is 76.0 Å². The zero-order valence-corrected chi connectivity index (χ0v) is 19.4. The quantitative estimate of drug-likeness (QED) is 0.332. The predicted octanol–water partition coefficient (Wildman–Crippen LogP) is 4.46. The number of β-lactam (4-membered cyclic amide) rings is 1. The maximum absolute atomic E-state index is 12.7. The molecule has 5 heteroatoms. The number of nitrogens with zero attached hydrogens (tertiary/aromatic N) is 1. The summed E-state index contributed by atoms with van der Waals surface area (Å²) in [6.45, 7) is 26.0. The van der Waals surface area contributed by atoms with E-state index in [0.29, 0.717) is 26.4 Å². The van der Waals surface area contributed by atoms with Gasteiger partial charge in [-0.1, -0.05) is 0 Å². The van der Waals surface area contributed by atoms with Crippen LogP contribution in [0, 0.1) is 5.92 Å². The molecule has 1 amide bonds. The van der Waals surface area contributed by atoms with E-state index in [2.05, 4.69) is 60.9 Å².